The second-order valence-electron chi connectivity index (χ2n) is 15.5. The number of hydrogen-bond acceptors (Lipinski definition) is 10. The molecule has 3 aromatic carbocycles. The van der Waals surface area contributed by atoms with Gasteiger partial charge >= 0.3 is 5.97 Å². The number of esters is 1. The molecule has 12 heteroatoms. The van der Waals surface area contributed by atoms with Crippen LogP contribution in [0, 0.1) is 5.41 Å². The molecule has 1 aliphatic carbocycles. The summed E-state index contributed by atoms with van der Waals surface area (Å²) in [7, 11) is 4.45. The van der Waals surface area contributed by atoms with Crippen molar-refractivity contribution in [3.63, 3.8) is 0 Å². The largest absolute Gasteiger partial charge is 0.507 e. The number of phenols is 2. The summed E-state index contributed by atoms with van der Waals surface area (Å²) in [5.41, 5.74) is 2.25. The molecule has 2 aliphatic rings. The fourth-order valence-corrected chi connectivity index (χ4v) is 8.41. The Labute approximate surface area is 334 Å². The van der Waals surface area contributed by atoms with Crippen LogP contribution in [-0.4, -0.2) is 71.8 Å². The van der Waals surface area contributed by atoms with E-state index in [9.17, 15) is 24.6 Å². The van der Waals surface area contributed by atoms with Gasteiger partial charge in [-0.25, -0.2) is 9.78 Å². The maximum atomic E-state index is 14.3. The van der Waals surface area contributed by atoms with Crippen LogP contribution in [0.2, 0.25) is 0 Å². The van der Waals surface area contributed by atoms with E-state index in [2.05, 4.69) is 10.3 Å². The molecule has 4 N–H and O–H groups in total. The number of H-pyrrole nitrogens is 1. The number of methoxy groups -OCH3 is 3. The number of cyclic esters (lactones) is 1. The molecule has 57 heavy (non-hydrogen) atoms. The maximum absolute atomic E-state index is 14.3. The zero-order valence-electron chi connectivity index (χ0n) is 33.4. The number of imidazole rings is 1. The molecule has 1 amide bonds. The third kappa shape index (κ3) is 9.72. The normalized spacial score (nSPS) is 18.8. The van der Waals surface area contributed by atoms with Gasteiger partial charge in [-0.15, -0.1) is 0 Å². The lowest BCUT2D eigenvalue weighted by molar-refractivity contribution is -0.122. The number of para-hydroxylation sites is 2. The van der Waals surface area contributed by atoms with Crippen LogP contribution in [0.5, 0.6) is 28.7 Å². The molecule has 1 aliphatic heterocycles. The molecule has 4 aromatic rings. The minimum Gasteiger partial charge on any atom is -0.507 e. The lowest BCUT2D eigenvalue weighted by Crippen LogP contribution is -2.41. The fraction of sp³-hybridized carbons (Fsp3) is 0.467. The molecule has 2 heterocycles. The Morgan fingerprint density at radius 1 is 0.982 bits per heavy atom. The van der Waals surface area contributed by atoms with Gasteiger partial charge in [0.05, 0.1) is 38.5 Å². The highest BCUT2D eigenvalue weighted by atomic mass is 16.5. The minimum atomic E-state index is -0.977. The van der Waals surface area contributed by atoms with E-state index in [1.54, 1.807) is 25.1 Å². The van der Waals surface area contributed by atoms with E-state index in [1.807, 2.05) is 30.3 Å². The molecular weight excluding hydrogens is 727 g/mol. The van der Waals surface area contributed by atoms with Gasteiger partial charge in [0.15, 0.2) is 11.5 Å². The molecule has 0 radical (unpaired) electrons. The topological polar surface area (TPSA) is 169 Å². The second-order valence-corrected chi connectivity index (χ2v) is 15.5. The van der Waals surface area contributed by atoms with E-state index in [0.717, 1.165) is 49.0 Å². The van der Waals surface area contributed by atoms with Crippen LogP contribution in [0.15, 0.2) is 48.5 Å². The number of carbonyl (C=O) groups excluding carboxylic acids is 3. The summed E-state index contributed by atoms with van der Waals surface area (Å²) in [6.45, 7) is 2.16. The molecule has 0 saturated heterocycles. The summed E-state index contributed by atoms with van der Waals surface area (Å²) in [5, 5.41) is 27.1. The first kappa shape index (κ1) is 41.1. The Morgan fingerprint density at radius 2 is 1.70 bits per heavy atom. The average molecular weight is 782 g/mol. The molecule has 2 atom stereocenters. The minimum absolute atomic E-state index is 0.0162. The number of ether oxygens (including phenoxy) is 4. The van der Waals surface area contributed by atoms with E-state index in [0.29, 0.717) is 74.3 Å². The number of hydrogen-bond donors (Lipinski definition) is 4. The molecule has 12 nitrogen and oxygen atoms in total. The molecule has 304 valence electrons. The number of phenolic OH excluding ortho intramolecular Hbond substituents is 2. The molecule has 1 aromatic heterocycles. The summed E-state index contributed by atoms with van der Waals surface area (Å²) in [4.78, 5) is 48.8. The number of fused-ring (bicyclic) bond motifs is 2. The van der Waals surface area contributed by atoms with Gasteiger partial charge in [0.1, 0.15) is 28.7 Å². The van der Waals surface area contributed by atoms with Crippen LogP contribution in [0.1, 0.15) is 123 Å². The van der Waals surface area contributed by atoms with Crippen molar-refractivity contribution in [2.45, 2.75) is 102 Å². The smallest absolute Gasteiger partial charge is 0.342 e. The first-order valence-corrected chi connectivity index (χ1v) is 20.0. The maximum Gasteiger partial charge on any atom is 0.342 e. The predicted molar refractivity (Wildman–Crippen MR) is 217 cm³/mol. The first-order chi connectivity index (χ1) is 27.5. The zero-order chi connectivity index (χ0) is 40.5. The number of allylic oxidation sites excluding steroid dienone is 1. The zero-order valence-corrected chi connectivity index (χ0v) is 33.4. The molecule has 1 saturated carbocycles. The van der Waals surface area contributed by atoms with Crippen LogP contribution in [0.3, 0.4) is 0 Å². The van der Waals surface area contributed by atoms with Crippen molar-refractivity contribution >= 4 is 34.8 Å². The predicted octanol–water partition coefficient (Wildman–Crippen LogP) is 8.31. The molecule has 1 fully saturated rings. The van der Waals surface area contributed by atoms with Gasteiger partial charge in [-0.3, -0.25) is 9.59 Å². The third-order valence-corrected chi connectivity index (χ3v) is 11.4. The molecule has 0 spiro atoms. The summed E-state index contributed by atoms with van der Waals surface area (Å²) in [6, 6.07) is 12.7. The summed E-state index contributed by atoms with van der Waals surface area (Å²) >= 11 is 0. The van der Waals surface area contributed by atoms with Gasteiger partial charge in [0.2, 0.25) is 11.7 Å². The second kappa shape index (κ2) is 18.6. The van der Waals surface area contributed by atoms with Crippen LogP contribution < -0.4 is 19.5 Å². The summed E-state index contributed by atoms with van der Waals surface area (Å²) in [5.74, 6) is -0.856. The molecule has 1 unspecified atom stereocenters. The van der Waals surface area contributed by atoms with Crippen LogP contribution >= 0.6 is 0 Å². The van der Waals surface area contributed by atoms with Gasteiger partial charge in [-0.1, -0.05) is 43.5 Å². The van der Waals surface area contributed by atoms with Crippen molar-refractivity contribution in [2.24, 2.45) is 5.41 Å². The Morgan fingerprint density at radius 3 is 2.40 bits per heavy atom. The quantitative estimate of drug-likeness (QED) is 0.109. The van der Waals surface area contributed by atoms with Gasteiger partial charge in [0.25, 0.3) is 0 Å². The van der Waals surface area contributed by atoms with Crippen molar-refractivity contribution < 1.29 is 43.5 Å². The lowest BCUT2D eigenvalue weighted by Gasteiger charge is -2.37. The average Bonchev–Trinajstić information content (AvgIpc) is 3.60. The van der Waals surface area contributed by atoms with E-state index < -0.39 is 23.7 Å². The van der Waals surface area contributed by atoms with Gasteiger partial charge in [-0.05, 0) is 92.3 Å². The lowest BCUT2D eigenvalue weighted by atomic mass is 9.71. The van der Waals surface area contributed by atoms with E-state index >= 15 is 0 Å². The number of aromatic amines is 1. The van der Waals surface area contributed by atoms with Crippen molar-refractivity contribution in [1.82, 2.24) is 15.3 Å². The van der Waals surface area contributed by atoms with Gasteiger partial charge in [0, 0.05) is 43.7 Å². The number of Topliss-reactive ketones (excluding diaryl/α,β-unsaturated/α-hetero) is 1. The molecule has 6 rings (SSSR count). The van der Waals surface area contributed by atoms with Crippen molar-refractivity contribution in [1.29, 1.82) is 0 Å². The number of carbonyl (C=O) groups is 3. The molecular formula is C45H55N3O9. The monoisotopic (exact) mass is 781 g/mol. The van der Waals surface area contributed by atoms with Crippen molar-refractivity contribution in [2.75, 3.05) is 27.9 Å². The summed E-state index contributed by atoms with van der Waals surface area (Å²) in [6.07, 6.45) is 11.6. The number of ketones is 1. The first-order valence-electron chi connectivity index (χ1n) is 20.0. The number of benzene rings is 3. The number of nitrogens with one attached hydrogen (secondary N) is 2. The highest BCUT2D eigenvalue weighted by molar-refractivity contribution is 5.98. The Balaban J connectivity index is 1.38. The SMILES string of the molecule is COc1cc(C(CC(=O)NCC2(Cc3nc4ccccc4[nH]3)CCCCC2)c2c(O)cc3c(c2O)C(=O)O[C@@H](C)CCCC(=O)CCC/C=C/3)cc(OC)c1OC. The Kier molecular flexibility index (Phi) is 13.4. The van der Waals surface area contributed by atoms with Crippen molar-refractivity contribution in [3.05, 3.63) is 76.6 Å². The van der Waals surface area contributed by atoms with E-state index in [-0.39, 0.29) is 46.0 Å². The standard InChI is InChI=1S/C45H55N3O9/c1-28-14-13-17-31(49)16-8-5-7-15-29-22-35(50)41(42(52)40(29)44(53)57-28)32(30-23-36(54-2)43(56-4)37(24-30)55-3)25-39(51)46-27-45(20-11-6-12-21-45)26-38-47-33-18-9-10-19-34(33)48-38/h7,9-10,15,18-19,22-24,28,32,50,52H,5-6,8,11-14,16-17,20-21,25-27H2,1-4H3,(H,46,51)(H,47,48)/b15-7+/t28-,32?/m0/s1. The van der Waals surface area contributed by atoms with Crippen LogP contribution in [0.4, 0.5) is 0 Å². The highest BCUT2D eigenvalue weighted by Gasteiger charge is 2.36. The van der Waals surface area contributed by atoms with Crippen LogP contribution in [0.25, 0.3) is 17.1 Å². The fourth-order valence-electron chi connectivity index (χ4n) is 8.41. The van der Waals surface area contributed by atoms with E-state index in [1.165, 1.54) is 27.4 Å². The third-order valence-electron chi connectivity index (χ3n) is 11.4. The highest BCUT2D eigenvalue weighted by Crippen LogP contribution is 2.48. The van der Waals surface area contributed by atoms with Crippen molar-refractivity contribution in [3.8, 4) is 28.7 Å². The number of amides is 1. The van der Waals surface area contributed by atoms with E-state index in [4.69, 9.17) is 23.9 Å². The summed E-state index contributed by atoms with van der Waals surface area (Å²) < 4.78 is 22.7. The van der Waals surface area contributed by atoms with Gasteiger partial charge < -0.3 is 39.5 Å². The Bertz CT molecular complexity index is 2040. The van der Waals surface area contributed by atoms with Gasteiger partial charge in [-0.2, -0.15) is 0 Å². The number of aromatic hydroxyl groups is 2. The van der Waals surface area contributed by atoms with Crippen LogP contribution in [-0.2, 0) is 20.7 Å². The number of rotatable bonds is 11. The Hall–Kier alpha value is -5.52. The number of aromatic nitrogens is 2. The molecule has 0 bridgehead atoms. The number of nitrogens with zero attached hydrogens (tertiary/aromatic N) is 1.